The molecule has 1 aliphatic heterocycles. The lowest BCUT2D eigenvalue weighted by molar-refractivity contribution is 0.0751. The highest BCUT2D eigenvalue weighted by molar-refractivity contribution is 5.97. The first-order valence-corrected chi connectivity index (χ1v) is 14.8. The molecule has 1 saturated heterocycles. The minimum Gasteiger partial charge on any atom is -0.351 e. The van der Waals surface area contributed by atoms with Gasteiger partial charge in [-0.15, -0.1) is 0 Å². The summed E-state index contributed by atoms with van der Waals surface area (Å²) in [5.74, 6) is 0.997. The minimum absolute atomic E-state index is 0.136. The molecule has 1 fully saturated rings. The molecule has 0 unspecified atom stereocenters. The second-order valence-electron chi connectivity index (χ2n) is 10.6. The van der Waals surface area contributed by atoms with E-state index in [-0.39, 0.29) is 5.91 Å². The number of aromatic nitrogens is 3. The van der Waals surface area contributed by atoms with Crippen molar-refractivity contribution < 1.29 is 4.79 Å². The maximum absolute atomic E-state index is 13.5. The maximum Gasteiger partial charge on any atom is 0.253 e. The van der Waals surface area contributed by atoms with Gasteiger partial charge in [0.2, 0.25) is 5.95 Å². The fraction of sp³-hybridized carbons (Fsp3) is 0.581. The number of carbonyl (C=O) groups excluding carboxylic acids is 1. The molecule has 1 N–H and O–H groups in total. The summed E-state index contributed by atoms with van der Waals surface area (Å²) in [6.07, 6.45) is 14.2. The van der Waals surface area contributed by atoms with Gasteiger partial charge in [0.15, 0.2) is 0 Å². The molecule has 0 aliphatic carbocycles. The topological polar surface area (TPSA) is 66.3 Å². The molecule has 0 radical (unpaired) electrons. The third-order valence-corrected chi connectivity index (χ3v) is 7.57. The fourth-order valence-corrected chi connectivity index (χ4v) is 5.28. The summed E-state index contributed by atoms with van der Waals surface area (Å²) in [7, 11) is 0. The first-order valence-electron chi connectivity index (χ1n) is 14.8. The summed E-state index contributed by atoms with van der Waals surface area (Å²) in [5, 5.41) is 3.54. The summed E-state index contributed by atoms with van der Waals surface area (Å²) in [5.41, 5.74) is 3.85. The summed E-state index contributed by atoms with van der Waals surface area (Å²) in [6.45, 7) is 11.2. The van der Waals surface area contributed by atoms with Crippen LogP contribution in [0.3, 0.4) is 0 Å². The largest absolute Gasteiger partial charge is 0.351 e. The predicted molar refractivity (Wildman–Crippen MR) is 157 cm³/mol. The lowest BCUT2D eigenvalue weighted by atomic mass is 10.1. The third-order valence-electron chi connectivity index (χ3n) is 7.57. The average Bonchev–Trinajstić information content (AvgIpc) is 3.31. The monoisotopic (exact) mass is 518 g/mol. The summed E-state index contributed by atoms with van der Waals surface area (Å²) in [6, 6.07) is 10.1. The molecule has 3 heterocycles. The zero-order valence-corrected chi connectivity index (χ0v) is 23.5. The van der Waals surface area contributed by atoms with Gasteiger partial charge in [0, 0.05) is 44.1 Å². The summed E-state index contributed by atoms with van der Waals surface area (Å²) in [4.78, 5) is 27.4. The van der Waals surface area contributed by atoms with Crippen molar-refractivity contribution in [3.05, 3.63) is 53.9 Å². The molecule has 0 atom stereocenters. The Hall–Kier alpha value is -2.93. The van der Waals surface area contributed by atoms with Gasteiger partial charge < -0.3 is 19.7 Å². The Morgan fingerprint density at radius 2 is 1.74 bits per heavy atom. The second kappa shape index (κ2) is 14.9. The first kappa shape index (κ1) is 28.1. The highest BCUT2D eigenvalue weighted by Gasteiger charge is 2.18. The maximum atomic E-state index is 13.5. The van der Waals surface area contributed by atoms with Crippen LogP contribution in [0.2, 0.25) is 0 Å². The van der Waals surface area contributed by atoms with Crippen molar-refractivity contribution in [2.45, 2.75) is 84.7 Å². The Balaban J connectivity index is 1.53. The molecule has 1 aliphatic rings. The van der Waals surface area contributed by atoms with Gasteiger partial charge in [-0.2, -0.15) is 0 Å². The normalized spacial score (nSPS) is 14.2. The van der Waals surface area contributed by atoms with Crippen LogP contribution < -0.4 is 5.32 Å². The number of hydrogen-bond acceptors (Lipinski definition) is 5. The zero-order valence-electron chi connectivity index (χ0n) is 23.5. The van der Waals surface area contributed by atoms with E-state index in [1.54, 1.807) is 6.20 Å². The number of aryl methyl sites for hydroxylation is 1. The Morgan fingerprint density at radius 1 is 0.974 bits per heavy atom. The first-order chi connectivity index (χ1) is 18.7. The molecule has 7 heteroatoms. The number of imidazole rings is 1. The highest BCUT2D eigenvalue weighted by Crippen LogP contribution is 2.24. The number of hydrogen-bond donors (Lipinski definition) is 1. The van der Waals surface area contributed by atoms with Crippen LogP contribution >= 0.6 is 0 Å². The molecule has 7 nitrogen and oxygen atoms in total. The van der Waals surface area contributed by atoms with Crippen LogP contribution in [0, 0.1) is 0 Å². The molecular weight excluding hydrogens is 472 g/mol. The Labute approximate surface area is 228 Å². The molecule has 3 aromatic rings. The number of benzene rings is 1. The number of rotatable bonds is 15. The summed E-state index contributed by atoms with van der Waals surface area (Å²) < 4.78 is 2.28. The van der Waals surface area contributed by atoms with Gasteiger partial charge >= 0.3 is 0 Å². The van der Waals surface area contributed by atoms with Crippen molar-refractivity contribution in [3.63, 3.8) is 0 Å². The van der Waals surface area contributed by atoms with Crippen LogP contribution in [-0.4, -0.2) is 63.0 Å². The predicted octanol–water partition coefficient (Wildman–Crippen LogP) is 6.35. The number of nitrogens with zero attached hydrogens (tertiary/aromatic N) is 5. The number of piperidine rings is 1. The van der Waals surface area contributed by atoms with Crippen molar-refractivity contribution in [2.75, 3.05) is 38.0 Å². The van der Waals surface area contributed by atoms with Crippen LogP contribution in [0.1, 0.15) is 87.6 Å². The smallest absolute Gasteiger partial charge is 0.253 e. The van der Waals surface area contributed by atoms with Crippen LogP contribution in [0.5, 0.6) is 0 Å². The van der Waals surface area contributed by atoms with Crippen molar-refractivity contribution in [1.82, 2.24) is 24.3 Å². The number of carbonyl (C=O) groups is 1. The highest BCUT2D eigenvalue weighted by atomic mass is 16.2. The quantitative estimate of drug-likeness (QED) is 0.237. The van der Waals surface area contributed by atoms with E-state index in [1.165, 1.54) is 45.3 Å². The fourth-order valence-electron chi connectivity index (χ4n) is 5.28. The molecule has 0 bridgehead atoms. The van der Waals surface area contributed by atoms with E-state index < -0.39 is 0 Å². The zero-order chi connectivity index (χ0) is 26.6. The second-order valence-corrected chi connectivity index (χ2v) is 10.6. The van der Waals surface area contributed by atoms with E-state index in [1.807, 2.05) is 29.3 Å². The third kappa shape index (κ3) is 7.79. The van der Waals surface area contributed by atoms with Crippen molar-refractivity contribution in [3.8, 4) is 0 Å². The van der Waals surface area contributed by atoms with E-state index in [2.05, 4.69) is 45.7 Å². The number of fused-ring (bicyclic) bond motifs is 1. The summed E-state index contributed by atoms with van der Waals surface area (Å²) >= 11 is 0. The number of unbranched alkanes of at least 4 members (excludes halogenated alkanes) is 3. The van der Waals surface area contributed by atoms with E-state index in [9.17, 15) is 4.79 Å². The van der Waals surface area contributed by atoms with Crippen LogP contribution in [0.4, 0.5) is 5.95 Å². The average molecular weight is 519 g/mol. The molecule has 4 rings (SSSR count). The molecule has 0 saturated carbocycles. The van der Waals surface area contributed by atoms with E-state index in [4.69, 9.17) is 4.98 Å². The van der Waals surface area contributed by atoms with E-state index >= 15 is 0 Å². The molecule has 1 aromatic carbocycles. The number of anilines is 1. The standard InChI is InChI=1S/C31H46N6O/c1-3-5-20-36(21-6-4-2)30(38)27-14-15-28-29(23-27)37(22-11-10-19-35-17-8-7-9-18-35)31(34-28)33-25-26-13-12-16-32-24-26/h12-16,23-24H,3-11,17-22,25H2,1-2H3,(H,33,34). The van der Waals surface area contributed by atoms with Crippen LogP contribution in [0.15, 0.2) is 42.7 Å². The van der Waals surface area contributed by atoms with Gasteiger partial charge in [0.25, 0.3) is 5.91 Å². The molecular formula is C31H46N6O. The van der Waals surface area contributed by atoms with Gasteiger partial charge in [-0.05, 0) is 88.0 Å². The number of amides is 1. The lowest BCUT2D eigenvalue weighted by Crippen LogP contribution is -2.33. The van der Waals surface area contributed by atoms with E-state index in [0.717, 1.165) is 79.8 Å². The SMILES string of the molecule is CCCCN(CCCC)C(=O)c1ccc2nc(NCc3cccnc3)n(CCCCN3CCCCC3)c2c1. The van der Waals surface area contributed by atoms with Gasteiger partial charge in [-0.1, -0.05) is 39.2 Å². The van der Waals surface area contributed by atoms with Crippen molar-refractivity contribution in [1.29, 1.82) is 0 Å². The number of likely N-dealkylation sites (tertiary alicyclic amines) is 1. The van der Waals surface area contributed by atoms with Crippen LogP contribution in [-0.2, 0) is 13.1 Å². The number of nitrogens with one attached hydrogen (secondary N) is 1. The van der Waals surface area contributed by atoms with Gasteiger partial charge in [0.05, 0.1) is 11.0 Å². The van der Waals surface area contributed by atoms with Gasteiger partial charge in [-0.25, -0.2) is 4.98 Å². The molecule has 0 spiro atoms. The number of pyridine rings is 1. The Morgan fingerprint density at radius 3 is 2.45 bits per heavy atom. The van der Waals surface area contributed by atoms with Gasteiger partial charge in [0.1, 0.15) is 0 Å². The van der Waals surface area contributed by atoms with E-state index in [0.29, 0.717) is 6.54 Å². The van der Waals surface area contributed by atoms with Crippen LogP contribution in [0.25, 0.3) is 11.0 Å². The Kier molecular flexibility index (Phi) is 11.0. The Bertz CT molecular complexity index is 1110. The van der Waals surface area contributed by atoms with Crippen molar-refractivity contribution >= 4 is 22.9 Å². The van der Waals surface area contributed by atoms with Gasteiger partial charge in [-0.3, -0.25) is 9.78 Å². The molecule has 206 valence electrons. The lowest BCUT2D eigenvalue weighted by Gasteiger charge is -2.26. The molecule has 2 aromatic heterocycles. The molecule has 38 heavy (non-hydrogen) atoms. The molecule has 1 amide bonds. The van der Waals surface area contributed by atoms with Crippen molar-refractivity contribution in [2.24, 2.45) is 0 Å². The minimum atomic E-state index is 0.136.